The van der Waals surface area contributed by atoms with Gasteiger partial charge in [0.1, 0.15) is 21.5 Å². The Morgan fingerprint density at radius 1 is 1.05 bits per heavy atom. The summed E-state index contributed by atoms with van der Waals surface area (Å²) in [6.07, 6.45) is 4.97. The summed E-state index contributed by atoms with van der Waals surface area (Å²) in [7, 11) is 3.96. The average Bonchev–Trinajstić information content (AvgIpc) is 3.44. The molecule has 0 saturated heterocycles. The van der Waals surface area contributed by atoms with E-state index in [1.165, 1.54) is 17.4 Å². The van der Waals surface area contributed by atoms with Crippen LogP contribution in [0, 0.1) is 0 Å². The number of amides is 1. The number of likely N-dealkylation sites (N-methyl/N-ethyl adjacent to an activating group) is 1. The lowest BCUT2D eigenvalue weighted by atomic mass is 10.2. The van der Waals surface area contributed by atoms with Crippen molar-refractivity contribution in [2.75, 3.05) is 32.5 Å². The maximum Gasteiger partial charge on any atom is 0.271 e. The number of anilines is 1. The highest BCUT2D eigenvalue weighted by Crippen LogP contribution is 2.33. The van der Waals surface area contributed by atoms with E-state index in [4.69, 9.17) is 5.73 Å². The molecule has 0 spiro atoms. The lowest BCUT2D eigenvalue weighted by Gasteiger charge is -2.13. The van der Waals surface area contributed by atoms with E-state index in [-0.39, 0.29) is 5.70 Å². The van der Waals surface area contributed by atoms with Gasteiger partial charge in [0, 0.05) is 42.7 Å². The van der Waals surface area contributed by atoms with Crippen LogP contribution in [0.25, 0.3) is 26.8 Å². The van der Waals surface area contributed by atoms with Gasteiger partial charge < -0.3 is 21.3 Å². The molecule has 2 aromatic carbocycles. The third-order valence-electron chi connectivity index (χ3n) is 5.52. The number of pyridine rings is 1. The van der Waals surface area contributed by atoms with Gasteiger partial charge in [0.05, 0.1) is 11.4 Å². The molecule has 0 bridgehead atoms. The number of carbonyl (C=O) groups excluding carboxylic acids is 1. The lowest BCUT2D eigenvalue weighted by Crippen LogP contribution is -2.32. The summed E-state index contributed by atoms with van der Waals surface area (Å²) >= 11 is 1.41. The van der Waals surface area contributed by atoms with Gasteiger partial charge in [-0.25, -0.2) is 4.99 Å². The number of carbonyl (C=O) groups is 1. The van der Waals surface area contributed by atoms with Crippen LogP contribution in [0.5, 0.6) is 0 Å². The van der Waals surface area contributed by atoms with E-state index in [0.717, 1.165) is 28.2 Å². The summed E-state index contributed by atoms with van der Waals surface area (Å²) in [6.45, 7) is 5.45. The average molecular weight is 539 g/mol. The Morgan fingerprint density at radius 3 is 2.54 bits per heavy atom. The molecule has 2 aromatic heterocycles. The summed E-state index contributed by atoms with van der Waals surface area (Å²) in [5.41, 5.74) is 9.84. The van der Waals surface area contributed by atoms with E-state index < -0.39 is 5.91 Å². The molecule has 0 fully saturated rings. The number of nitrogens with one attached hydrogen (secondary N) is 2. The molecule has 0 aliphatic carbocycles. The van der Waals surface area contributed by atoms with Gasteiger partial charge in [-0.3, -0.25) is 9.78 Å². The molecule has 0 aliphatic rings. The fourth-order valence-corrected chi connectivity index (χ4v) is 4.37. The number of hydrogen-bond donors (Lipinski definition) is 3. The third-order valence-corrected chi connectivity index (χ3v) is 6.53. The minimum atomic E-state index is -0.466. The van der Waals surface area contributed by atoms with Gasteiger partial charge in [-0.15, -0.1) is 10.2 Å². The second-order valence-electron chi connectivity index (χ2n) is 8.79. The Bertz CT molecular complexity index is 1480. The normalized spacial score (nSPS) is 11.9. The van der Waals surface area contributed by atoms with Crippen LogP contribution in [0.3, 0.4) is 0 Å². The summed E-state index contributed by atoms with van der Waals surface area (Å²) < 4.78 is 0. The van der Waals surface area contributed by atoms with Crippen molar-refractivity contribution in [3.63, 3.8) is 0 Å². The molecule has 0 radical (unpaired) electrons. The van der Waals surface area contributed by atoms with Crippen molar-refractivity contribution < 1.29 is 4.79 Å². The topological polar surface area (TPSA) is 121 Å². The molecule has 9 nitrogen and oxygen atoms in total. The van der Waals surface area contributed by atoms with Crippen LogP contribution in [0.1, 0.15) is 5.56 Å². The van der Waals surface area contributed by atoms with Crippen LogP contribution in [-0.4, -0.2) is 59.0 Å². The largest absolute Gasteiger partial charge is 0.394 e. The Labute approximate surface area is 231 Å². The summed E-state index contributed by atoms with van der Waals surface area (Å²) in [5.74, 6) is -0.0243. The van der Waals surface area contributed by atoms with Crippen molar-refractivity contribution >= 4 is 34.5 Å². The van der Waals surface area contributed by atoms with Crippen LogP contribution in [-0.2, 0) is 4.79 Å². The number of hydrogen-bond acceptors (Lipinski definition) is 8. The van der Waals surface area contributed by atoms with Crippen LogP contribution in [0.4, 0.5) is 5.69 Å². The third kappa shape index (κ3) is 7.67. The smallest absolute Gasteiger partial charge is 0.271 e. The molecule has 39 heavy (non-hydrogen) atoms. The molecular formula is C29H30N8OS. The maximum atomic E-state index is 13.1. The number of aliphatic imine (C=N–C) groups is 1. The van der Waals surface area contributed by atoms with Crippen molar-refractivity contribution in [1.29, 1.82) is 0 Å². The summed E-state index contributed by atoms with van der Waals surface area (Å²) in [4.78, 5) is 23.9. The highest BCUT2D eigenvalue weighted by atomic mass is 32.1. The number of rotatable bonds is 10. The molecule has 0 aliphatic heterocycles. The zero-order valence-electron chi connectivity index (χ0n) is 21.8. The molecule has 4 N–H and O–H groups in total. The van der Waals surface area contributed by atoms with Crippen molar-refractivity contribution in [2.24, 2.45) is 10.7 Å². The van der Waals surface area contributed by atoms with E-state index >= 15 is 0 Å². The second kappa shape index (κ2) is 13.2. The summed E-state index contributed by atoms with van der Waals surface area (Å²) in [5, 5.41) is 16.2. The van der Waals surface area contributed by atoms with Crippen molar-refractivity contribution in [1.82, 2.24) is 25.4 Å². The molecule has 0 atom stereocenters. The zero-order chi connectivity index (χ0) is 27.6. The first-order chi connectivity index (χ1) is 18.9. The fraction of sp³-hybridized carbons (Fsp3) is 0.138. The van der Waals surface area contributed by atoms with Crippen molar-refractivity contribution in [3.8, 4) is 21.1 Å². The monoisotopic (exact) mass is 538 g/mol. The minimum absolute atomic E-state index is 0.00456. The SMILES string of the molecule is C=C(/N=C(\C=C(/N)C(=O)Nc1ccccc1-c1nnc(-c2cccnc2)s1)NCCN(C)C)c1ccccc1. The quantitative estimate of drug-likeness (QED) is 0.157. The molecular weight excluding hydrogens is 508 g/mol. The molecule has 10 heteroatoms. The van der Waals surface area contributed by atoms with Crippen LogP contribution in [0.15, 0.2) is 102 Å². The van der Waals surface area contributed by atoms with Gasteiger partial charge in [0.25, 0.3) is 5.91 Å². The zero-order valence-corrected chi connectivity index (χ0v) is 22.7. The standard InChI is InChI=1S/C29H30N8OS/c1-20(21-10-5-4-6-11-21)33-26(32-16-17-37(2)3)18-24(30)27(38)34-25-14-8-7-13-23(25)29-36-35-28(39-29)22-12-9-15-31-19-22/h4-15,18-19H,1,16-17,30H2,2-3H3,(H,32,33)(H,34,38)/b24-18-. The molecule has 4 rings (SSSR count). The van der Waals surface area contributed by atoms with Crippen molar-refractivity contribution in [2.45, 2.75) is 0 Å². The molecule has 0 saturated carbocycles. The number of benzene rings is 2. The maximum absolute atomic E-state index is 13.1. The molecule has 198 valence electrons. The molecule has 1 amide bonds. The van der Waals surface area contributed by atoms with Crippen molar-refractivity contribution in [3.05, 3.63) is 103 Å². The molecule has 0 unspecified atom stereocenters. The number of amidine groups is 1. The van der Waals surface area contributed by atoms with E-state index in [1.54, 1.807) is 18.5 Å². The second-order valence-corrected chi connectivity index (χ2v) is 9.77. The number of nitrogens with two attached hydrogens (primary N) is 1. The van der Waals surface area contributed by atoms with Crippen LogP contribution >= 0.6 is 11.3 Å². The Hall–Kier alpha value is -4.67. The van der Waals surface area contributed by atoms with Gasteiger partial charge in [-0.1, -0.05) is 60.4 Å². The predicted molar refractivity (Wildman–Crippen MR) is 159 cm³/mol. The van der Waals surface area contributed by atoms with Gasteiger partial charge in [-0.05, 0) is 43.9 Å². The summed E-state index contributed by atoms with van der Waals surface area (Å²) in [6, 6.07) is 20.8. The first-order valence-corrected chi connectivity index (χ1v) is 13.1. The van der Waals surface area contributed by atoms with E-state index in [0.29, 0.717) is 28.8 Å². The number of nitrogens with zero attached hydrogens (tertiary/aromatic N) is 5. The first-order valence-electron chi connectivity index (χ1n) is 12.2. The fourth-order valence-electron chi connectivity index (χ4n) is 3.49. The van der Waals surface area contributed by atoms with Gasteiger partial charge in [0.2, 0.25) is 0 Å². The highest BCUT2D eigenvalue weighted by Gasteiger charge is 2.15. The van der Waals surface area contributed by atoms with Crippen LogP contribution < -0.4 is 16.4 Å². The Morgan fingerprint density at radius 2 is 1.79 bits per heavy atom. The number of para-hydroxylation sites is 1. The van der Waals surface area contributed by atoms with Gasteiger partial charge >= 0.3 is 0 Å². The Kier molecular flexibility index (Phi) is 9.28. The molecule has 4 aromatic rings. The van der Waals surface area contributed by atoms with E-state index in [2.05, 4.69) is 37.4 Å². The van der Waals surface area contributed by atoms with E-state index in [9.17, 15) is 4.79 Å². The van der Waals surface area contributed by atoms with E-state index in [1.807, 2.05) is 79.7 Å². The molecule has 2 heterocycles. The number of aromatic nitrogens is 3. The Balaban J connectivity index is 1.54. The highest BCUT2D eigenvalue weighted by molar-refractivity contribution is 7.18. The lowest BCUT2D eigenvalue weighted by molar-refractivity contribution is -0.112. The van der Waals surface area contributed by atoms with Gasteiger partial charge in [-0.2, -0.15) is 0 Å². The van der Waals surface area contributed by atoms with Gasteiger partial charge in [0.15, 0.2) is 0 Å². The minimum Gasteiger partial charge on any atom is -0.394 e. The van der Waals surface area contributed by atoms with Crippen LogP contribution in [0.2, 0.25) is 0 Å². The predicted octanol–water partition coefficient (Wildman–Crippen LogP) is 4.27. The first kappa shape index (κ1) is 27.4.